The first kappa shape index (κ1) is 16.4. The predicted octanol–water partition coefficient (Wildman–Crippen LogP) is 2.25. The molecule has 6 nitrogen and oxygen atoms in total. The highest BCUT2D eigenvalue weighted by Gasteiger charge is 2.54. The number of carbonyl (C=O) groups is 2. The minimum atomic E-state index is -0.560. The van der Waals surface area contributed by atoms with Gasteiger partial charge in [-0.2, -0.15) is 0 Å². The standard InChI is InChI=1S/C19H26N4O2/c1-12(17(24)23-22-16-2-4-20-5-3-16)21-18(25)19-9-13-6-14(10-19)8-15(7-13)11-19/h2-5,12-15H,6-11H2,1H3,(H,20,22)(H,21,25)(H,23,24)/t12-,13?,14?,15?,19?/m0/s1. The molecule has 0 unspecified atom stereocenters. The van der Waals surface area contributed by atoms with Crippen molar-refractivity contribution in [2.75, 3.05) is 5.43 Å². The molecule has 4 aliphatic carbocycles. The second-order valence-electron chi connectivity index (χ2n) is 8.24. The van der Waals surface area contributed by atoms with E-state index in [1.807, 2.05) is 0 Å². The number of hydrogen-bond acceptors (Lipinski definition) is 4. The van der Waals surface area contributed by atoms with Crippen LogP contribution in [-0.2, 0) is 9.59 Å². The number of amides is 2. The Hall–Kier alpha value is -2.11. The van der Waals surface area contributed by atoms with E-state index in [9.17, 15) is 9.59 Å². The predicted molar refractivity (Wildman–Crippen MR) is 94.2 cm³/mol. The molecule has 0 aliphatic heterocycles. The summed E-state index contributed by atoms with van der Waals surface area (Å²) in [4.78, 5) is 29.2. The molecule has 6 heteroatoms. The van der Waals surface area contributed by atoms with Gasteiger partial charge in [-0.3, -0.25) is 25.4 Å². The van der Waals surface area contributed by atoms with E-state index in [0.29, 0.717) is 0 Å². The van der Waals surface area contributed by atoms with Crippen molar-refractivity contribution in [3.05, 3.63) is 24.5 Å². The lowest BCUT2D eigenvalue weighted by molar-refractivity contribution is -0.148. The van der Waals surface area contributed by atoms with E-state index in [-0.39, 0.29) is 17.2 Å². The summed E-state index contributed by atoms with van der Waals surface area (Å²) in [5, 5.41) is 2.97. The normalized spacial score (nSPS) is 33.6. The number of nitrogens with zero attached hydrogens (tertiary/aromatic N) is 1. The Morgan fingerprint density at radius 1 is 1.08 bits per heavy atom. The molecule has 3 N–H and O–H groups in total. The zero-order valence-corrected chi connectivity index (χ0v) is 14.6. The summed E-state index contributed by atoms with van der Waals surface area (Å²) >= 11 is 0. The van der Waals surface area contributed by atoms with Gasteiger partial charge in [0.1, 0.15) is 6.04 Å². The summed E-state index contributed by atoms with van der Waals surface area (Å²) in [5.41, 5.74) is 6.02. The molecule has 4 saturated carbocycles. The van der Waals surface area contributed by atoms with Crippen LogP contribution in [0.4, 0.5) is 5.69 Å². The number of nitrogens with one attached hydrogen (secondary N) is 3. The number of pyridine rings is 1. The minimum Gasteiger partial charge on any atom is -0.344 e. The lowest BCUT2D eigenvalue weighted by Gasteiger charge is -2.55. The minimum absolute atomic E-state index is 0.0816. The molecular weight excluding hydrogens is 316 g/mol. The number of anilines is 1. The van der Waals surface area contributed by atoms with Gasteiger partial charge in [-0.1, -0.05) is 0 Å². The van der Waals surface area contributed by atoms with Gasteiger partial charge in [-0.15, -0.1) is 0 Å². The van der Waals surface area contributed by atoms with Crippen LogP contribution in [0.15, 0.2) is 24.5 Å². The fourth-order valence-corrected chi connectivity index (χ4v) is 5.48. The Morgan fingerprint density at radius 3 is 2.20 bits per heavy atom. The fraction of sp³-hybridized carbons (Fsp3) is 0.632. The molecule has 134 valence electrons. The molecule has 0 radical (unpaired) electrons. The fourth-order valence-electron chi connectivity index (χ4n) is 5.48. The van der Waals surface area contributed by atoms with E-state index in [2.05, 4.69) is 21.2 Å². The van der Waals surface area contributed by atoms with Gasteiger partial charge in [0.15, 0.2) is 0 Å². The summed E-state index contributed by atoms with van der Waals surface area (Å²) in [6, 6.07) is 2.97. The van der Waals surface area contributed by atoms with Crippen LogP contribution in [0.1, 0.15) is 45.4 Å². The van der Waals surface area contributed by atoms with Gasteiger partial charge in [0.2, 0.25) is 5.91 Å². The molecule has 0 spiro atoms. The topological polar surface area (TPSA) is 83.1 Å². The monoisotopic (exact) mass is 342 g/mol. The van der Waals surface area contributed by atoms with Crippen LogP contribution in [-0.4, -0.2) is 22.8 Å². The number of aromatic nitrogens is 1. The number of rotatable bonds is 5. The van der Waals surface area contributed by atoms with Crippen molar-refractivity contribution in [2.45, 2.75) is 51.5 Å². The molecule has 0 saturated heterocycles. The maximum absolute atomic E-state index is 13.0. The van der Waals surface area contributed by atoms with E-state index in [1.54, 1.807) is 31.5 Å². The van der Waals surface area contributed by atoms with Crippen molar-refractivity contribution in [3.63, 3.8) is 0 Å². The molecule has 1 heterocycles. The highest BCUT2D eigenvalue weighted by Crippen LogP contribution is 2.60. The van der Waals surface area contributed by atoms with Gasteiger partial charge in [-0.05, 0) is 75.3 Å². The van der Waals surface area contributed by atoms with E-state index < -0.39 is 6.04 Å². The Balaban J connectivity index is 1.33. The van der Waals surface area contributed by atoms with Crippen LogP contribution < -0.4 is 16.2 Å². The Morgan fingerprint density at radius 2 is 1.64 bits per heavy atom. The molecule has 4 fully saturated rings. The molecular formula is C19H26N4O2. The van der Waals surface area contributed by atoms with Gasteiger partial charge >= 0.3 is 0 Å². The Kier molecular flexibility index (Phi) is 4.13. The lowest BCUT2D eigenvalue weighted by Crippen LogP contribution is -2.57. The van der Waals surface area contributed by atoms with Crippen molar-refractivity contribution in [1.82, 2.24) is 15.7 Å². The van der Waals surface area contributed by atoms with Crippen LogP contribution in [0.2, 0.25) is 0 Å². The quantitative estimate of drug-likeness (QED) is 0.717. The van der Waals surface area contributed by atoms with Gasteiger partial charge < -0.3 is 5.32 Å². The zero-order valence-electron chi connectivity index (χ0n) is 14.6. The molecule has 0 aromatic carbocycles. The summed E-state index contributed by atoms with van der Waals surface area (Å²) in [7, 11) is 0. The Bertz CT molecular complexity index is 625. The van der Waals surface area contributed by atoms with Crippen LogP contribution >= 0.6 is 0 Å². The van der Waals surface area contributed by atoms with E-state index >= 15 is 0 Å². The van der Waals surface area contributed by atoms with Crippen molar-refractivity contribution < 1.29 is 9.59 Å². The number of hydrazine groups is 1. The van der Waals surface area contributed by atoms with Crippen LogP contribution in [0.5, 0.6) is 0 Å². The molecule has 4 bridgehead atoms. The van der Waals surface area contributed by atoms with Gasteiger partial charge in [-0.25, -0.2) is 0 Å². The highest BCUT2D eigenvalue weighted by molar-refractivity contribution is 5.90. The van der Waals surface area contributed by atoms with Gasteiger partial charge in [0.05, 0.1) is 5.69 Å². The van der Waals surface area contributed by atoms with Crippen molar-refractivity contribution in [2.24, 2.45) is 23.2 Å². The molecule has 1 aromatic rings. The first-order chi connectivity index (χ1) is 12.0. The second-order valence-corrected chi connectivity index (χ2v) is 8.24. The molecule has 5 rings (SSSR count). The molecule has 4 aliphatic rings. The van der Waals surface area contributed by atoms with E-state index in [1.165, 1.54) is 19.3 Å². The molecule has 25 heavy (non-hydrogen) atoms. The summed E-state index contributed by atoms with van der Waals surface area (Å²) < 4.78 is 0. The lowest BCUT2D eigenvalue weighted by atomic mass is 9.49. The van der Waals surface area contributed by atoms with Crippen LogP contribution in [0, 0.1) is 23.2 Å². The summed E-state index contributed by atoms with van der Waals surface area (Å²) in [6.07, 6.45) is 10.2. The Labute approximate surface area is 148 Å². The first-order valence-corrected chi connectivity index (χ1v) is 9.31. The van der Waals surface area contributed by atoms with Crippen molar-refractivity contribution in [1.29, 1.82) is 0 Å². The van der Waals surface area contributed by atoms with E-state index in [4.69, 9.17) is 0 Å². The smallest absolute Gasteiger partial charge is 0.260 e. The molecule has 2 amide bonds. The average Bonchev–Trinajstić information content (AvgIpc) is 2.59. The van der Waals surface area contributed by atoms with Crippen LogP contribution in [0.3, 0.4) is 0 Å². The number of carbonyl (C=O) groups excluding carboxylic acids is 2. The maximum Gasteiger partial charge on any atom is 0.260 e. The van der Waals surface area contributed by atoms with Crippen molar-refractivity contribution >= 4 is 17.5 Å². The summed E-state index contributed by atoms with van der Waals surface area (Å²) in [6.45, 7) is 1.74. The van der Waals surface area contributed by atoms with Crippen LogP contribution in [0.25, 0.3) is 0 Å². The highest BCUT2D eigenvalue weighted by atomic mass is 16.2. The van der Waals surface area contributed by atoms with E-state index in [0.717, 1.165) is 42.7 Å². The first-order valence-electron chi connectivity index (χ1n) is 9.31. The third kappa shape index (κ3) is 3.22. The third-order valence-electron chi connectivity index (χ3n) is 6.27. The molecule has 1 atom stereocenters. The SMILES string of the molecule is C[C@H](NC(=O)C12CC3CC(CC(C3)C1)C2)C(=O)NNc1ccncc1. The second kappa shape index (κ2) is 6.32. The third-order valence-corrected chi connectivity index (χ3v) is 6.27. The van der Waals surface area contributed by atoms with Gasteiger partial charge in [0, 0.05) is 17.8 Å². The summed E-state index contributed by atoms with van der Waals surface area (Å²) in [5.74, 6) is 1.99. The zero-order chi connectivity index (χ0) is 17.4. The largest absolute Gasteiger partial charge is 0.344 e. The van der Waals surface area contributed by atoms with Gasteiger partial charge in [0.25, 0.3) is 5.91 Å². The number of hydrogen-bond donors (Lipinski definition) is 3. The maximum atomic E-state index is 13.0. The van der Waals surface area contributed by atoms with Crippen molar-refractivity contribution in [3.8, 4) is 0 Å². The average molecular weight is 342 g/mol. The molecule has 1 aromatic heterocycles.